The topological polar surface area (TPSA) is 75.4 Å². The summed E-state index contributed by atoms with van der Waals surface area (Å²) in [5, 5.41) is 3.26. The zero-order valence-corrected chi connectivity index (χ0v) is 13.5. The average Bonchev–Trinajstić information content (AvgIpc) is 3.14. The lowest BCUT2D eigenvalue weighted by Crippen LogP contribution is -2.38. The van der Waals surface area contributed by atoms with Crippen molar-refractivity contribution in [2.75, 3.05) is 18.4 Å². The first-order valence-corrected chi connectivity index (χ1v) is 7.97. The molecule has 0 radical (unpaired) electrons. The Kier molecular flexibility index (Phi) is 5.71. The van der Waals surface area contributed by atoms with E-state index in [4.69, 9.17) is 4.42 Å². The smallest absolute Gasteiger partial charge is 0.290 e. The van der Waals surface area contributed by atoms with Crippen molar-refractivity contribution >= 4 is 28.3 Å². The molecule has 2 heterocycles. The molecular weight excluding hydrogens is 302 g/mol. The van der Waals surface area contributed by atoms with E-state index < -0.39 is 0 Å². The van der Waals surface area contributed by atoms with Gasteiger partial charge in [-0.1, -0.05) is 13.3 Å². The summed E-state index contributed by atoms with van der Waals surface area (Å²) >= 11 is 1.40. The molecule has 0 fully saturated rings. The van der Waals surface area contributed by atoms with Gasteiger partial charge in [-0.3, -0.25) is 9.59 Å². The van der Waals surface area contributed by atoms with Gasteiger partial charge in [0.2, 0.25) is 5.91 Å². The summed E-state index contributed by atoms with van der Waals surface area (Å²) < 4.78 is 5.13. The SMILES string of the molecule is CCCCN(CC(=O)Nc1ncc(C)s1)C(=O)c1ccco1. The average molecular weight is 321 g/mol. The molecule has 0 aliphatic heterocycles. The van der Waals surface area contributed by atoms with Crippen molar-refractivity contribution in [1.82, 2.24) is 9.88 Å². The van der Waals surface area contributed by atoms with E-state index in [1.165, 1.54) is 22.5 Å². The second-order valence-electron chi connectivity index (χ2n) is 4.88. The molecule has 0 aliphatic rings. The van der Waals surface area contributed by atoms with Gasteiger partial charge in [-0.25, -0.2) is 4.98 Å². The van der Waals surface area contributed by atoms with Crippen LogP contribution in [0.1, 0.15) is 35.2 Å². The fourth-order valence-electron chi connectivity index (χ4n) is 1.90. The number of carbonyl (C=O) groups excluding carboxylic acids is 2. The Morgan fingerprint density at radius 1 is 1.45 bits per heavy atom. The van der Waals surface area contributed by atoms with E-state index in [-0.39, 0.29) is 24.1 Å². The number of nitrogens with one attached hydrogen (secondary N) is 1. The van der Waals surface area contributed by atoms with E-state index >= 15 is 0 Å². The number of carbonyl (C=O) groups is 2. The van der Waals surface area contributed by atoms with Crippen molar-refractivity contribution in [3.05, 3.63) is 35.2 Å². The predicted molar refractivity (Wildman–Crippen MR) is 85.0 cm³/mol. The Hall–Kier alpha value is -2.15. The molecule has 7 heteroatoms. The first-order valence-electron chi connectivity index (χ1n) is 7.15. The molecule has 1 N–H and O–H groups in total. The number of hydrogen-bond acceptors (Lipinski definition) is 5. The molecule has 0 unspecified atom stereocenters. The predicted octanol–water partition coefficient (Wildman–Crippen LogP) is 2.93. The minimum absolute atomic E-state index is 0.0157. The summed E-state index contributed by atoms with van der Waals surface area (Å²) in [6.07, 6.45) is 4.91. The highest BCUT2D eigenvalue weighted by atomic mass is 32.1. The molecule has 2 rings (SSSR count). The zero-order chi connectivity index (χ0) is 15.9. The summed E-state index contributed by atoms with van der Waals surface area (Å²) in [7, 11) is 0. The second-order valence-corrected chi connectivity index (χ2v) is 6.12. The molecule has 0 atom stereocenters. The van der Waals surface area contributed by atoms with E-state index in [1.54, 1.807) is 18.3 Å². The molecule has 0 bridgehead atoms. The van der Waals surface area contributed by atoms with E-state index in [9.17, 15) is 9.59 Å². The molecule has 0 saturated heterocycles. The van der Waals surface area contributed by atoms with Gasteiger partial charge in [0.15, 0.2) is 10.9 Å². The summed E-state index contributed by atoms with van der Waals surface area (Å²) in [6, 6.07) is 3.26. The van der Waals surface area contributed by atoms with Crippen LogP contribution in [0.5, 0.6) is 0 Å². The Balaban J connectivity index is 1.99. The van der Waals surface area contributed by atoms with Crippen molar-refractivity contribution < 1.29 is 14.0 Å². The number of aromatic nitrogens is 1. The summed E-state index contributed by atoms with van der Waals surface area (Å²) in [6.45, 7) is 4.45. The molecule has 6 nitrogen and oxygen atoms in total. The van der Waals surface area contributed by atoms with Crippen molar-refractivity contribution in [1.29, 1.82) is 0 Å². The van der Waals surface area contributed by atoms with Crippen LogP contribution in [-0.2, 0) is 4.79 Å². The summed E-state index contributed by atoms with van der Waals surface area (Å²) in [4.78, 5) is 31.0. The van der Waals surface area contributed by atoms with Crippen LogP contribution in [0.15, 0.2) is 29.0 Å². The highest BCUT2D eigenvalue weighted by molar-refractivity contribution is 7.15. The molecule has 2 aromatic rings. The van der Waals surface area contributed by atoms with Crippen LogP contribution in [0.2, 0.25) is 0 Å². The molecule has 0 aromatic carbocycles. The molecule has 118 valence electrons. The fraction of sp³-hybridized carbons (Fsp3) is 0.400. The summed E-state index contributed by atoms with van der Waals surface area (Å²) in [5.41, 5.74) is 0. The quantitative estimate of drug-likeness (QED) is 0.851. The van der Waals surface area contributed by atoms with Crippen molar-refractivity contribution in [3.8, 4) is 0 Å². The van der Waals surface area contributed by atoms with Crippen molar-refractivity contribution in [2.45, 2.75) is 26.7 Å². The van der Waals surface area contributed by atoms with E-state index in [0.717, 1.165) is 17.7 Å². The van der Waals surface area contributed by atoms with Crippen LogP contribution in [0, 0.1) is 6.92 Å². The number of rotatable bonds is 7. The molecule has 0 aliphatic carbocycles. The largest absolute Gasteiger partial charge is 0.459 e. The lowest BCUT2D eigenvalue weighted by molar-refractivity contribution is -0.116. The fourth-order valence-corrected chi connectivity index (χ4v) is 2.58. The van der Waals surface area contributed by atoms with E-state index in [0.29, 0.717) is 11.7 Å². The van der Waals surface area contributed by atoms with Crippen molar-refractivity contribution in [2.24, 2.45) is 0 Å². The van der Waals surface area contributed by atoms with Gasteiger partial charge < -0.3 is 14.6 Å². The van der Waals surface area contributed by atoms with Gasteiger partial charge in [0.1, 0.15) is 6.54 Å². The Bertz CT molecular complexity index is 622. The summed E-state index contributed by atoms with van der Waals surface area (Å²) in [5.74, 6) is -0.289. The Labute approximate surface area is 133 Å². The van der Waals surface area contributed by atoms with Gasteiger partial charge in [0, 0.05) is 17.6 Å². The third kappa shape index (κ3) is 4.42. The number of amides is 2. The Morgan fingerprint density at radius 2 is 2.27 bits per heavy atom. The normalized spacial score (nSPS) is 10.5. The minimum Gasteiger partial charge on any atom is -0.459 e. The molecule has 22 heavy (non-hydrogen) atoms. The number of hydrogen-bond donors (Lipinski definition) is 1. The number of furan rings is 1. The number of aryl methyl sites for hydroxylation is 1. The molecule has 2 amide bonds. The molecule has 0 saturated carbocycles. The maximum Gasteiger partial charge on any atom is 0.290 e. The number of unbranched alkanes of at least 4 members (excludes halogenated alkanes) is 1. The van der Waals surface area contributed by atoms with Crippen LogP contribution in [-0.4, -0.2) is 34.8 Å². The van der Waals surface area contributed by atoms with Gasteiger partial charge >= 0.3 is 0 Å². The lowest BCUT2D eigenvalue weighted by Gasteiger charge is -2.20. The first kappa shape index (κ1) is 16.2. The van der Waals surface area contributed by atoms with Crippen LogP contribution < -0.4 is 5.32 Å². The monoisotopic (exact) mass is 321 g/mol. The van der Waals surface area contributed by atoms with E-state index in [1.807, 2.05) is 13.8 Å². The van der Waals surface area contributed by atoms with Gasteiger partial charge in [-0.05, 0) is 25.5 Å². The van der Waals surface area contributed by atoms with Gasteiger partial charge in [0.25, 0.3) is 5.91 Å². The number of anilines is 1. The van der Waals surface area contributed by atoms with Crippen molar-refractivity contribution in [3.63, 3.8) is 0 Å². The first-order chi connectivity index (χ1) is 10.6. The number of nitrogens with zero attached hydrogens (tertiary/aromatic N) is 2. The zero-order valence-electron chi connectivity index (χ0n) is 12.7. The Morgan fingerprint density at radius 3 is 2.86 bits per heavy atom. The van der Waals surface area contributed by atoms with Crippen LogP contribution in [0.3, 0.4) is 0 Å². The van der Waals surface area contributed by atoms with E-state index in [2.05, 4.69) is 10.3 Å². The maximum atomic E-state index is 12.3. The van der Waals surface area contributed by atoms with Crippen LogP contribution >= 0.6 is 11.3 Å². The number of thiazole rings is 1. The third-order valence-corrected chi connectivity index (χ3v) is 3.83. The highest BCUT2D eigenvalue weighted by Gasteiger charge is 2.20. The minimum atomic E-state index is -0.274. The molecule has 0 spiro atoms. The van der Waals surface area contributed by atoms with Crippen LogP contribution in [0.25, 0.3) is 0 Å². The standard InChI is InChI=1S/C15H19N3O3S/c1-3-4-7-18(14(20)12-6-5-8-21-12)10-13(19)17-15-16-9-11(2)22-15/h5-6,8-9H,3-4,7,10H2,1-2H3,(H,16,17,19). The highest BCUT2D eigenvalue weighted by Crippen LogP contribution is 2.16. The van der Waals surface area contributed by atoms with Gasteiger partial charge in [-0.15, -0.1) is 11.3 Å². The van der Waals surface area contributed by atoms with Gasteiger partial charge in [-0.2, -0.15) is 0 Å². The van der Waals surface area contributed by atoms with Crippen LogP contribution in [0.4, 0.5) is 5.13 Å². The molecular formula is C15H19N3O3S. The lowest BCUT2D eigenvalue weighted by atomic mass is 10.3. The maximum absolute atomic E-state index is 12.3. The third-order valence-electron chi connectivity index (χ3n) is 3.00. The second kappa shape index (κ2) is 7.74. The molecule has 2 aromatic heterocycles. The van der Waals surface area contributed by atoms with Gasteiger partial charge in [0.05, 0.1) is 6.26 Å².